The number of allylic oxidation sites excluding steroid dienone is 4. The van der Waals surface area contributed by atoms with Crippen LogP contribution in [-0.4, -0.2) is 146 Å². The van der Waals surface area contributed by atoms with E-state index in [-0.39, 0.29) is 86.5 Å². The molecule has 0 unspecified atom stereocenters. The number of ether oxygens (including phenoxy) is 1. The van der Waals surface area contributed by atoms with Gasteiger partial charge >= 0.3 is 11.9 Å². The Morgan fingerprint density at radius 2 is 1.35 bits per heavy atom. The largest absolute Gasteiger partial charge is 0.481 e. The molecule has 5 aliphatic rings. The van der Waals surface area contributed by atoms with Crippen molar-refractivity contribution in [3.05, 3.63) is 176 Å². The number of nitrogens with one attached hydrogen (secondary N) is 1. The number of carbonyl (C=O) groups excluding carboxylic acids is 1. The second kappa shape index (κ2) is 24.8. The molecule has 0 radical (unpaired) electrons. The third kappa shape index (κ3) is 14.1. The third-order valence-corrected chi connectivity index (χ3v) is 21.8. The van der Waals surface area contributed by atoms with E-state index in [4.69, 9.17) is 4.74 Å². The van der Waals surface area contributed by atoms with Gasteiger partial charge < -0.3 is 30.1 Å². The fraction of sp³-hybridized carbons (Fsp3) is 0.368. The Morgan fingerprint density at radius 1 is 0.663 bits per heavy atom. The number of benzene rings is 5. The molecule has 0 aromatic heterocycles. The number of nitrogens with zero attached hydrogens (tertiary/aromatic N) is 4. The minimum Gasteiger partial charge on any atom is -0.481 e. The third-order valence-electron chi connectivity index (χ3n) is 18.7. The van der Waals surface area contributed by atoms with Gasteiger partial charge in [0.1, 0.15) is 36.6 Å². The van der Waals surface area contributed by atoms with Crippen molar-refractivity contribution in [3.8, 4) is 11.5 Å². The van der Waals surface area contributed by atoms with Crippen molar-refractivity contribution in [3.63, 3.8) is 0 Å². The molecule has 0 fully saturated rings. The predicted molar refractivity (Wildman–Crippen MR) is 361 cm³/mol. The number of carboxylic acids is 2. The lowest BCUT2D eigenvalue weighted by Gasteiger charge is -2.41. The number of carbonyl (C=O) groups is 3. The minimum atomic E-state index is -4.61. The molecule has 5 aromatic rings. The van der Waals surface area contributed by atoms with Crippen molar-refractivity contribution in [1.29, 1.82) is 0 Å². The molecule has 0 spiro atoms. The first-order valence-corrected chi connectivity index (χ1v) is 36.9. The van der Waals surface area contributed by atoms with E-state index >= 15 is 0 Å². The van der Waals surface area contributed by atoms with Gasteiger partial charge in [0.05, 0.1) is 38.8 Å². The highest BCUT2D eigenvalue weighted by atomic mass is 32.2. The lowest BCUT2D eigenvalue weighted by atomic mass is 9.81. The van der Waals surface area contributed by atoms with E-state index in [0.717, 1.165) is 28.3 Å². The van der Waals surface area contributed by atoms with Gasteiger partial charge in [0.2, 0.25) is 11.0 Å². The fourth-order valence-electron chi connectivity index (χ4n) is 13.6. The van der Waals surface area contributed by atoms with Crippen LogP contribution in [0.2, 0.25) is 0 Å². The zero-order chi connectivity index (χ0) is 69.7. The summed E-state index contributed by atoms with van der Waals surface area (Å²) in [5, 5.41) is 24.0. The van der Waals surface area contributed by atoms with Crippen molar-refractivity contribution in [2.45, 2.75) is 121 Å². The number of amides is 1. The van der Waals surface area contributed by atoms with Crippen LogP contribution >= 0.6 is 0 Å². The first-order valence-electron chi connectivity index (χ1n) is 30.6. The van der Waals surface area contributed by atoms with E-state index in [1.165, 1.54) is 30.3 Å². The smallest absolute Gasteiger partial charge is 0.336 e. The monoisotopic (exact) mass is 1380 g/mol. The zero-order valence-electron chi connectivity index (χ0n) is 54.2. The van der Waals surface area contributed by atoms with Crippen LogP contribution in [0.4, 0.5) is 17.1 Å². The number of anilines is 2. The molecular formula is C68H77N5O18S4+2. The van der Waals surface area contributed by atoms with Gasteiger partial charge in [-0.1, -0.05) is 38.1 Å². The van der Waals surface area contributed by atoms with Gasteiger partial charge in [-0.25, -0.2) is 9.37 Å². The number of hydrogen-bond donors (Lipinski definition) is 7. The molecule has 0 saturated heterocycles. The number of unbranched alkanes of at least 4 members (excludes halogenated alkanes) is 2. The molecule has 5 aliphatic heterocycles. The summed E-state index contributed by atoms with van der Waals surface area (Å²) in [6.07, 6.45) is 10.8. The zero-order valence-corrected chi connectivity index (χ0v) is 57.4. The highest BCUT2D eigenvalue weighted by Crippen LogP contribution is 2.50. The Balaban J connectivity index is 1.04. The fourth-order valence-corrected chi connectivity index (χ4v) is 15.9. The highest BCUT2D eigenvalue weighted by Gasteiger charge is 2.46. The summed E-state index contributed by atoms with van der Waals surface area (Å²) in [6, 6.07) is 20.7. The average molecular weight is 1380 g/mol. The summed E-state index contributed by atoms with van der Waals surface area (Å²) in [5.41, 5.74) is 3.93. The first kappa shape index (κ1) is 69.7. The molecule has 0 saturated carbocycles. The number of aliphatic carboxylic acids is 1. The van der Waals surface area contributed by atoms with Gasteiger partial charge in [0.25, 0.3) is 46.4 Å². The van der Waals surface area contributed by atoms with Crippen molar-refractivity contribution in [1.82, 2.24) is 9.89 Å². The normalized spacial score (nSPS) is 17.9. The van der Waals surface area contributed by atoms with Crippen LogP contribution in [0, 0.1) is 0 Å². The summed E-state index contributed by atoms with van der Waals surface area (Å²) < 4.78 is 150. The molecule has 5 heterocycles. The van der Waals surface area contributed by atoms with E-state index in [1.54, 1.807) is 62.6 Å². The Hall–Kier alpha value is -8.15. The Labute approximate surface area is 552 Å². The lowest BCUT2D eigenvalue weighted by molar-refractivity contribution is -0.438. The maximum atomic E-state index is 14.7. The predicted octanol–water partition coefficient (Wildman–Crippen LogP) is 8.14. The SMILES string of the molecule is CN1c2cc3c(cc2C(CS(=O)(=O)O)=CC1(C)C)C(c1cc(C(=O)NCc2ccc4c(c2)C(C)(C)C(=CC=CC2=[N+](CCCCCC(=O)O)c5ccc(S(=O)(=O)O)cc5C2(C)C)N4CCCS(=O)(=O)O)ccc1C(=O)O)=c1cc2c(cc1O3)=[N+](C)C(C)(C)C=C2CS(=O)(=O)O. The molecule has 0 bridgehead atoms. The van der Waals surface area contributed by atoms with Crippen LogP contribution < -0.4 is 35.0 Å². The molecular weight excluding hydrogens is 1300 g/mol. The van der Waals surface area contributed by atoms with Gasteiger partial charge in [0, 0.05) is 121 Å². The molecule has 23 nitrogen and oxygen atoms in total. The first-order chi connectivity index (χ1) is 44.0. The number of aromatic carboxylic acids is 1. The molecule has 0 atom stereocenters. The summed E-state index contributed by atoms with van der Waals surface area (Å²) in [5.74, 6) is -4.52. The van der Waals surface area contributed by atoms with E-state index in [1.807, 2.05) is 105 Å². The van der Waals surface area contributed by atoms with Gasteiger partial charge in [-0.05, 0) is 135 Å². The second-order valence-electron chi connectivity index (χ2n) is 26.9. The minimum absolute atomic E-state index is 0.00899. The Bertz CT molecular complexity index is 4940. The maximum absolute atomic E-state index is 14.7. The van der Waals surface area contributed by atoms with Crippen molar-refractivity contribution < 1.29 is 85.8 Å². The van der Waals surface area contributed by atoms with Crippen molar-refractivity contribution in [2.24, 2.45) is 0 Å². The molecule has 10 rings (SSSR count). The van der Waals surface area contributed by atoms with E-state index < -0.39 is 97.5 Å². The number of carboxylic acid groups (broad SMARTS) is 2. The average Bonchev–Trinajstić information content (AvgIpc) is 1.62. The number of hydrogen-bond acceptors (Lipinski definition) is 14. The summed E-state index contributed by atoms with van der Waals surface area (Å²) in [6.45, 7) is 15.8. The molecule has 504 valence electrons. The summed E-state index contributed by atoms with van der Waals surface area (Å²) in [7, 11) is -14.5. The van der Waals surface area contributed by atoms with E-state index in [2.05, 4.69) is 5.32 Å². The quantitative estimate of drug-likeness (QED) is 0.0191. The number of likely N-dealkylation sites (N-methyl/N-ethyl adjacent to an activating group) is 2. The van der Waals surface area contributed by atoms with Crippen LogP contribution in [0.1, 0.15) is 147 Å². The Morgan fingerprint density at radius 3 is 1.99 bits per heavy atom. The van der Waals surface area contributed by atoms with Crippen molar-refractivity contribution >= 4 is 97.8 Å². The Kier molecular flexibility index (Phi) is 18.2. The van der Waals surface area contributed by atoms with Gasteiger partial charge in [-0.15, -0.1) is 0 Å². The topological polar surface area (TPSA) is 343 Å². The van der Waals surface area contributed by atoms with Crippen LogP contribution in [0.15, 0.2) is 120 Å². The molecule has 7 N–H and O–H groups in total. The highest BCUT2D eigenvalue weighted by molar-refractivity contribution is 7.86. The van der Waals surface area contributed by atoms with Gasteiger partial charge in [0.15, 0.2) is 11.3 Å². The molecule has 5 aromatic carbocycles. The van der Waals surface area contributed by atoms with E-state index in [0.29, 0.717) is 59.1 Å². The molecule has 27 heteroatoms. The van der Waals surface area contributed by atoms with Gasteiger partial charge in [-0.3, -0.25) is 27.8 Å². The van der Waals surface area contributed by atoms with E-state index in [9.17, 15) is 76.5 Å². The van der Waals surface area contributed by atoms with Crippen LogP contribution in [0.25, 0.3) is 16.7 Å². The standard InChI is InChI=1S/C68H75N5O18S4/c1-65(2)35-42(38-93(82,83)84)46-31-49-57(33-55(46)70(65)9)91-58-34-56-47(43(39-94(85,86)87)36-66(3,4)71(56)10)32-50(58)62(49)48-29-41(20-22-45(48)64(77)78)63(76)69-37-40-19-23-53-51(28-40)67(5,6)59(73(53)26-15-27-92(79,80)81)16-14-17-60-68(7,8)52-30-44(95(88,89)90)21-24-54(52)72(60)25-13-11-12-18-61(74)75/h14,16-17,19-24,28-36H,11-13,15,18,25-27,37-39H2,1-10H3,(H5-2,69,74,75,76,77,78,79,80,81,82,83,84,85,86,87,88,89,90)/p+2. The number of rotatable bonds is 22. The summed E-state index contributed by atoms with van der Waals surface area (Å²) in [4.78, 5) is 43.1. The maximum Gasteiger partial charge on any atom is 0.336 e. The van der Waals surface area contributed by atoms with Crippen LogP contribution in [0.5, 0.6) is 11.5 Å². The van der Waals surface area contributed by atoms with Gasteiger partial charge in [-0.2, -0.15) is 38.2 Å². The lowest BCUT2D eigenvalue weighted by Crippen LogP contribution is -2.47. The van der Waals surface area contributed by atoms with Crippen molar-refractivity contribution in [2.75, 3.05) is 54.2 Å². The molecule has 1 amide bonds. The molecule has 95 heavy (non-hydrogen) atoms. The second-order valence-corrected chi connectivity index (χ2v) is 32.8. The summed E-state index contributed by atoms with van der Waals surface area (Å²) >= 11 is 0. The number of fused-ring (bicyclic) bond motifs is 6. The van der Waals surface area contributed by atoms with Crippen LogP contribution in [-0.2, 0) is 62.6 Å². The molecule has 0 aliphatic carbocycles. The van der Waals surface area contributed by atoms with Crippen LogP contribution in [0.3, 0.4) is 0 Å².